The highest BCUT2D eigenvalue weighted by molar-refractivity contribution is 5.84. The summed E-state index contributed by atoms with van der Waals surface area (Å²) in [7, 11) is 0. The Labute approximate surface area is 108 Å². The van der Waals surface area contributed by atoms with E-state index in [0.29, 0.717) is 0 Å². The van der Waals surface area contributed by atoms with Crippen molar-refractivity contribution in [3.63, 3.8) is 0 Å². The van der Waals surface area contributed by atoms with E-state index in [1.165, 1.54) is 6.42 Å². The van der Waals surface area contributed by atoms with E-state index >= 15 is 0 Å². The maximum Gasteiger partial charge on any atom is 0.315 e. The van der Waals surface area contributed by atoms with E-state index in [0.717, 1.165) is 38.8 Å². The molecular weight excluding hydrogens is 230 g/mol. The van der Waals surface area contributed by atoms with Gasteiger partial charge in [-0.05, 0) is 32.1 Å². The number of likely N-dealkylation sites (tertiary alicyclic amines) is 1. The zero-order valence-electron chi connectivity index (χ0n) is 10.7. The zero-order valence-corrected chi connectivity index (χ0v) is 10.7. The summed E-state index contributed by atoms with van der Waals surface area (Å²) in [6.45, 7) is 1.76. The summed E-state index contributed by atoms with van der Waals surface area (Å²) in [5.41, 5.74) is 0. The third-order valence-electron chi connectivity index (χ3n) is 3.45. The van der Waals surface area contributed by atoms with E-state index in [4.69, 9.17) is 0 Å². The van der Waals surface area contributed by atoms with Gasteiger partial charge in [-0.25, -0.2) is 4.79 Å². The summed E-state index contributed by atoms with van der Waals surface area (Å²) in [4.78, 5) is 25.2. The average molecular weight is 251 g/mol. The first kappa shape index (κ1) is 12.9. The molecule has 5 nitrogen and oxygen atoms in total. The first-order valence-electron chi connectivity index (χ1n) is 6.73. The summed E-state index contributed by atoms with van der Waals surface area (Å²) in [5, 5.41) is 5.49. The van der Waals surface area contributed by atoms with Crippen LogP contribution in [0.4, 0.5) is 4.79 Å². The lowest BCUT2D eigenvalue weighted by molar-refractivity contribution is -0.130. The lowest BCUT2D eigenvalue weighted by Crippen LogP contribution is -2.47. The second-order valence-corrected chi connectivity index (χ2v) is 4.91. The minimum Gasteiger partial charge on any atom is -0.341 e. The molecular formula is C13H21N3O2. The highest BCUT2D eigenvalue weighted by Crippen LogP contribution is 2.09. The molecule has 0 aromatic rings. The average Bonchev–Trinajstić information content (AvgIpc) is 2.90. The highest BCUT2D eigenvalue weighted by atomic mass is 16.2. The van der Waals surface area contributed by atoms with Gasteiger partial charge in [-0.3, -0.25) is 4.79 Å². The monoisotopic (exact) mass is 251 g/mol. The maximum atomic E-state index is 11.8. The van der Waals surface area contributed by atoms with Crippen molar-refractivity contribution >= 4 is 11.9 Å². The SMILES string of the molecule is O=C(NCC(=O)N1CCCCC1)NC1CC=CC1. The molecule has 2 rings (SSSR count). The minimum absolute atomic E-state index is 0.0226. The molecule has 18 heavy (non-hydrogen) atoms. The molecule has 1 saturated heterocycles. The van der Waals surface area contributed by atoms with E-state index < -0.39 is 0 Å². The van der Waals surface area contributed by atoms with E-state index in [1.54, 1.807) is 0 Å². The fraction of sp³-hybridized carbons (Fsp3) is 0.692. The number of nitrogens with one attached hydrogen (secondary N) is 2. The number of urea groups is 1. The molecule has 0 atom stereocenters. The van der Waals surface area contributed by atoms with E-state index in [9.17, 15) is 9.59 Å². The normalized spacial score (nSPS) is 19.9. The van der Waals surface area contributed by atoms with Crippen LogP contribution in [0.1, 0.15) is 32.1 Å². The molecule has 3 amide bonds. The van der Waals surface area contributed by atoms with Crippen LogP contribution >= 0.6 is 0 Å². The summed E-state index contributed by atoms with van der Waals surface area (Å²) >= 11 is 0. The Balaban J connectivity index is 1.63. The maximum absolute atomic E-state index is 11.8. The van der Waals surface area contributed by atoms with Crippen LogP contribution in [0.25, 0.3) is 0 Å². The fourth-order valence-corrected chi connectivity index (χ4v) is 2.38. The van der Waals surface area contributed by atoms with Crippen molar-refractivity contribution in [3.8, 4) is 0 Å². The Morgan fingerprint density at radius 3 is 2.44 bits per heavy atom. The zero-order chi connectivity index (χ0) is 12.8. The van der Waals surface area contributed by atoms with Gasteiger partial charge in [0.25, 0.3) is 0 Å². The Kier molecular flexibility index (Phi) is 4.61. The van der Waals surface area contributed by atoms with Crippen LogP contribution in [0.15, 0.2) is 12.2 Å². The van der Waals surface area contributed by atoms with Gasteiger partial charge in [-0.15, -0.1) is 0 Å². The summed E-state index contributed by atoms with van der Waals surface area (Å²) in [5.74, 6) is 0.0226. The Hall–Kier alpha value is -1.52. The summed E-state index contributed by atoms with van der Waals surface area (Å²) in [6.07, 6.45) is 9.23. The van der Waals surface area contributed by atoms with Crippen LogP contribution in [0.3, 0.4) is 0 Å². The molecule has 0 saturated carbocycles. The largest absolute Gasteiger partial charge is 0.341 e. The van der Waals surface area contributed by atoms with Crippen molar-refractivity contribution in [3.05, 3.63) is 12.2 Å². The number of rotatable bonds is 3. The first-order chi connectivity index (χ1) is 8.75. The van der Waals surface area contributed by atoms with Gasteiger partial charge in [-0.1, -0.05) is 12.2 Å². The first-order valence-corrected chi connectivity index (χ1v) is 6.73. The molecule has 1 aliphatic heterocycles. The number of carbonyl (C=O) groups excluding carboxylic acids is 2. The van der Waals surface area contributed by atoms with Gasteiger partial charge in [-0.2, -0.15) is 0 Å². The predicted molar refractivity (Wildman–Crippen MR) is 69.1 cm³/mol. The third kappa shape index (κ3) is 3.75. The van der Waals surface area contributed by atoms with Crippen LogP contribution in [-0.4, -0.2) is 42.5 Å². The summed E-state index contributed by atoms with van der Waals surface area (Å²) < 4.78 is 0. The van der Waals surface area contributed by atoms with Gasteiger partial charge in [0.2, 0.25) is 5.91 Å². The molecule has 0 unspecified atom stereocenters. The highest BCUT2D eigenvalue weighted by Gasteiger charge is 2.18. The Morgan fingerprint density at radius 1 is 1.11 bits per heavy atom. The van der Waals surface area contributed by atoms with Crippen LogP contribution in [-0.2, 0) is 4.79 Å². The number of carbonyl (C=O) groups is 2. The Morgan fingerprint density at radius 2 is 1.78 bits per heavy atom. The molecule has 0 aromatic carbocycles. The molecule has 2 aliphatic rings. The molecule has 0 bridgehead atoms. The number of piperidine rings is 1. The third-order valence-corrected chi connectivity index (χ3v) is 3.45. The fourth-order valence-electron chi connectivity index (χ4n) is 2.38. The lowest BCUT2D eigenvalue weighted by Gasteiger charge is -2.26. The smallest absolute Gasteiger partial charge is 0.315 e. The molecule has 0 spiro atoms. The molecule has 0 radical (unpaired) electrons. The van der Waals surface area contributed by atoms with Crippen molar-refractivity contribution in [2.24, 2.45) is 0 Å². The van der Waals surface area contributed by atoms with Crippen LogP contribution < -0.4 is 10.6 Å². The van der Waals surface area contributed by atoms with Crippen LogP contribution in [0, 0.1) is 0 Å². The standard InChI is InChI=1S/C13H21N3O2/c17-12(16-8-4-1-5-9-16)10-14-13(18)15-11-6-2-3-7-11/h2-3,11H,1,4-10H2,(H2,14,15,18). The van der Waals surface area contributed by atoms with Gasteiger partial charge >= 0.3 is 6.03 Å². The summed E-state index contributed by atoms with van der Waals surface area (Å²) in [6, 6.07) is -0.0517. The number of amides is 3. The van der Waals surface area contributed by atoms with Gasteiger partial charge < -0.3 is 15.5 Å². The van der Waals surface area contributed by atoms with Crippen LogP contribution in [0.2, 0.25) is 0 Å². The number of hydrogen-bond acceptors (Lipinski definition) is 2. The predicted octanol–water partition coefficient (Wildman–Crippen LogP) is 1.02. The topological polar surface area (TPSA) is 61.4 Å². The van der Waals surface area contributed by atoms with Crippen molar-refractivity contribution in [2.75, 3.05) is 19.6 Å². The molecule has 100 valence electrons. The van der Waals surface area contributed by atoms with Gasteiger partial charge in [0, 0.05) is 19.1 Å². The molecule has 1 heterocycles. The molecule has 1 aliphatic carbocycles. The quantitative estimate of drug-likeness (QED) is 0.736. The number of nitrogens with zero attached hydrogens (tertiary/aromatic N) is 1. The van der Waals surface area contributed by atoms with Crippen molar-refractivity contribution in [2.45, 2.75) is 38.1 Å². The second-order valence-electron chi connectivity index (χ2n) is 4.91. The van der Waals surface area contributed by atoms with Gasteiger partial charge in [0.15, 0.2) is 0 Å². The molecule has 0 aromatic heterocycles. The van der Waals surface area contributed by atoms with Crippen molar-refractivity contribution in [1.82, 2.24) is 15.5 Å². The van der Waals surface area contributed by atoms with Crippen molar-refractivity contribution in [1.29, 1.82) is 0 Å². The molecule has 2 N–H and O–H groups in total. The van der Waals surface area contributed by atoms with Crippen molar-refractivity contribution < 1.29 is 9.59 Å². The van der Waals surface area contributed by atoms with E-state index in [2.05, 4.69) is 22.8 Å². The second kappa shape index (κ2) is 6.42. The van der Waals surface area contributed by atoms with E-state index in [1.807, 2.05) is 4.90 Å². The molecule has 5 heteroatoms. The van der Waals surface area contributed by atoms with Gasteiger partial charge in [0.05, 0.1) is 6.54 Å². The van der Waals surface area contributed by atoms with Gasteiger partial charge in [0.1, 0.15) is 0 Å². The van der Waals surface area contributed by atoms with E-state index in [-0.39, 0.29) is 24.5 Å². The Bertz CT molecular complexity index is 327. The number of hydrogen-bond donors (Lipinski definition) is 2. The molecule has 1 fully saturated rings. The lowest BCUT2D eigenvalue weighted by atomic mass is 10.1. The van der Waals surface area contributed by atoms with Crippen LogP contribution in [0.5, 0.6) is 0 Å². The minimum atomic E-state index is -0.242.